The molecule has 2 aromatic rings. The minimum absolute atomic E-state index is 0.201. The molecule has 22 heavy (non-hydrogen) atoms. The molecule has 4 nitrogen and oxygen atoms in total. The first-order chi connectivity index (χ1) is 10.5. The first-order valence-corrected chi connectivity index (χ1v) is 7.89. The van der Waals surface area contributed by atoms with E-state index < -0.39 is 6.03 Å². The quantitative estimate of drug-likeness (QED) is 0.845. The zero-order chi connectivity index (χ0) is 15.9. The zero-order valence-corrected chi connectivity index (χ0v) is 13.4. The van der Waals surface area contributed by atoms with E-state index in [-0.39, 0.29) is 11.7 Å². The van der Waals surface area contributed by atoms with Crippen LogP contribution in [0.15, 0.2) is 53.4 Å². The van der Waals surface area contributed by atoms with Crippen LogP contribution in [0.4, 0.5) is 10.5 Å². The lowest BCUT2D eigenvalue weighted by molar-refractivity contribution is -0.117. The highest BCUT2D eigenvalue weighted by Crippen LogP contribution is 2.23. The Hall–Kier alpha value is -2.27. The Morgan fingerprint density at radius 3 is 2.50 bits per heavy atom. The molecule has 0 unspecified atom stereocenters. The second kappa shape index (κ2) is 7.66. The maximum Gasteiger partial charge on any atom is 0.325 e. The fraction of sp³-hybridized carbons (Fsp3) is 0.176. The summed E-state index contributed by atoms with van der Waals surface area (Å²) in [7, 11) is 0. The van der Waals surface area contributed by atoms with Gasteiger partial charge < -0.3 is 5.32 Å². The van der Waals surface area contributed by atoms with Gasteiger partial charge in [0.2, 0.25) is 5.91 Å². The summed E-state index contributed by atoms with van der Waals surface area (Å²) in [5.74, 6) is -0.119. The molecular weight excluding hydrogens is 296 g/mol. The highest BCUT2D eigenvalue weighted by molar-refractivity contribution is 8.00. The van der Waals surface area contributed by atoms with Gasteiger partial charge in [-0.3, -0.25) is 10.1 Å². The first-order valence-electron chi connectivity index (χ1n) is 6.90. The number of urea groups is 1. The highest BCUT2D eigenvalue weighted by atomic mass is 32.2. The van der Waals surface area contributed by atoms with Crippen molar-refractivity contribution in [2.75, 3.05) is 11.1 Å². The first kappa shape index (κ1) is 16.1. The van der Waals surface area contributed by atoms with E-state index in [0.717, 1.165) is 16.0 Å². The summed E-state index contributed by atoms with van der Waals surface area (Å²) in [5.41, 5.74) is 2.92. The van der Waals surface area contributed by atoms with E-state index >= 15 is 0 Å². The molecule has 2 rings (SSSR count). The number of amides is 3. The van der Waals surface area contributed by atoms with Crippen LogP contribution in [-0.4, -0.2) is 17.7 Å². The fourth-order valence-corrected chi connectivity index (χ4v) is 2.78. The number of hydrogen-bond acceptors (Lipinski definition) is 3. The van der Waals surface area contributed by atoms with Gasteiger partial charge in [0.05, 0.1) is 5.75 Å². The Labute approximate surface area is 134 Å². The molecule has 114 valence electrons. The maximum atomic E-state index is 11.8. The minimum atomic E-state index is -0.516. The minimum Gasteiger partial charge on any atom is -0.308 e. The van der Waals surface area contributed by atoms with E-state index in [1.54, 1.807) is 12.1 Å². The number of benzene rings is 2. The largest absolute Gasteiger partial charge is 0.325 e. The van der Waals surface area contributed by atoms with Crippen LogP contribution in [0.3, 0.4) is 0 Å². The summed E-state index contributed by atoms with van der Waals surface area (Å²) < 4.78 is 0. The molecule has 5 heteroatoms. The molecule has 0 aliphatic rings. The monoisotopic (exact) mass is 314 g/mol. The van der Waals surface area contributed by atoms with Crippen LogP contribution in [0.2, 0.25) is 0 Å². The molecule has 2 N–H and O–H groups in total. The van der Waals surface area contributed by atoms with Crippen molar-refractivity contribution in [1.82, 2.24) is 5.32 Å². The topological polar surface area (TPSA) is 58.2 Å². The molecule has 0 aliphatic carbocycles. The summed E-state index contributed by atoms with van der Waals surface area (Å²) in [5, 5.41) is 4.93. The van der Waals surface area contributed by atoms with Gasteiger partial charge in [0.25, 0.3) is 0 Å². The van der Waals surface area contributed by atoms with Crippen molar-refractivity contribution in [2.24, 2.45) is 0 Å². The molecule has 0 spiro atoms. The van der Waals surface area contributed by atoms with Gasteiger partial charge >= 0.3 is 6.03 Å². The molecule has 0 heterocycles. The number of rotatable bonds is 4. The number of imide groups is 1. The zero-order valence-electron chi connectivity index (χ0n) is 12.6. The number of carbonyl (C=O) groups excluding carboxylic acids is 2. The van der Waals surface area contributed by atoms with Crippen LogP contribution < -0.4 is 10.6 Å². The number of nitrogens with one attached hydrogen (secondary N) is 2. The van der Waals surface area contributed by atoms with E-state index in [0.29, 0.717) is 5.69 Å². The third kappa shape index (κ3) is 4.93. The average Bonchev–Trinajstić information content (AvgIpc) is 2.49. The third-order valence-electron chi connectivity index (χ3n) is 2.99. The molecular formula is C17H18N2O2S. The predicted octanol–water partition coefficient (Wildman–Crippen LogP) is 3.74. The van der Waals surface area contributed by atoms with Crippen LogP contribution in [0.5, 0.6) is 0 Å². The van der Waals surface area contributed by atoms with E-state index in [9.17, 15) is 9.59 Å². The van der Waals surface area contributed by atoms with Gasteiger partial charge in [-0.2, -0.15) is 0 Å². The van der Waals surface area contributed by atoms with Crippen LogP contribution >= 0.6 is 11.8 Å². The van der Waals surface area contributed by atoms with Gasteiger partial charge in [-0.25, -0.2) is 4.79 Å². The standard InChI is InChI=1S/C17H18N2O2S/c1-12-8-9-13(2)15(10-12)22-11-16(20)19-17(21)18-14-6-4-3-5-7-14/h3-10H,11H2,1-2H3,(H2,18,19,20,21). The van der Waals surface area contributed by atoms with Gasteiger partial charge in [-0.15, -0.1) is 11.8 Å². The maximum absolute atomic E-state index is 11.8. The van der Waals surface area contributed by atoms with Crippen molar-refractivity contribution >= 4 is 29.4 Å². The van der Waals surface area contributed by atoms with Crippen LogP contribution in [0.25, 0.3) is 0 Å². The van der Waals surface area contributed by atoms with E-state index in [2.05, 4.69) is 10.6 Å². The predicted molar refractivity (Wildman–Crippen MR) is 90.2 cm³/mol. The fourth-order valence-electron chi connectivity index (χ4n) is 1.85. The molecule has 0 bridgehead atoms. The van der Waals surface area contributed by atoms with Crippen molar-refractivity contribution in [3.05, 3.63) is 59.7 Å². The van der Waals surface area contributed by atoms with Crippen molar-refractivity contribution in [3.8, 4) is 0 Å². The van der Waals surface area contributed by atoms with Gasteiger partial charge in [0.1, 0.15) is 0 Å². The molecule has 0 saturated heterocycles. The van der Waals surface area contributed by atoms with Crippen molar-refractivity contribution < 1.29 is 9.59 Å². The molecule has 2 aromatic carbocycles. The Kier molecular flexibility index (Phi) is 5.61. The Morgan fingerprint density at radius 2 is 1.77 bits per heavy atom. The Bertz CT molecular complexity index is 672. The lowest BCUT2D eigenvalue weighted by atomic mass is 10.2. The summed E-state index contributed by atoms with van der Waals surface area (Å²) in [6.45, 7) is 4.01. The van der Waals surface area contributed by atoms with Gasteiger partial charge in [0, 0.05) is 10.6 Å². The van der Waals surface area contributed by atoms with Gasteiger partial charge in [-0.1, -0.05) is 35.9 Å². The van der Waals surface area contributed by atoms with Crippen LogP contribution in [-0.2, 0) is 4.79 Å². The number of anilines is 1. The number of thioether (sulfide) groups is 1. The Morgan fingerprint density at radius 1 is 1.05 bits per heavy atom. The molecule has 3 amide bonds. The second-order valence-electron chi connectivity index (χ2n) is 4.93. The average molecular weight is 314 g/mol. The number of aryl methyl sites for hydroxylation is 2. The molecule has 0 atom stereocenters. The van der Waals surface area contributed by atoms with E-state index in [1.165, 1.54) is 11.8 Å². The normalized spacial score (nSPS) is 10.1. The van der Waals surface area contributed by atoms with Gasteiger partial charge in [-0.05, 0) is 37.6 Å². The molecule has 0 radical (unpaired) electrons. The van der Waals surface area contributed by atoms with Crippen molar-refractivity contribution in [2.45, 2.75) is 18.7 Å². The number of para-hydroxylation sites is 1. The summed E-state index contributed by atoms with van der Waals surface area (Å²) in [6.07, 6.45) is 0. The summed E-state index contributed by atoms with van der Waals surface area (Å²) in [4.78, 5) is 24.6. The van der Waals surface area contributed by atoms with E-state index in [4.69, 9.17) is 0 Å². The summed E-state index contributed by atoms with van der Waals surface area (Å²) in [6, 6.07) is 14.6. The van der Waals surface area contributed by atoms with Crippen molar-refractivity contribution in [1.29, 1.82) is 0 Å². The lowest BCUT2D eigenvalue weighted by Crippen LogP contribution is -2.35. The smallest absolute Gasteiger partial charge is 0.308 e. The lowest BCUT2D eigenvalue weighted by Gasteiger charge is -2.08. The Balaban J connectivity index is 1.83. The molecule has 0 fully saturated rings. The number of hydrogen-bond donors (Lipinski definition) is 2. The van der Waals surface area contributed by atoms with Crippen LogP contribution in [0.1, 0.15) is 11.1 Å². The van der Waals surface area contributed by atoms with Crippen molar-refractivity contribution in [3.63, 3.8) is 0 Å². The summed E-state index contributed by atoms with van der Waals surface area (Å²) >= 11 is 1.43. The SMILES string of the molecule is Cc1ccc(C)c(SCC(=O)NC(=O)Nc2ccccc2)c1. The molecule has 0 saturated carbocycles. The second-order valence-corrected chi connectivity index (χ2v) is 5.94. The third-order valence-corrected chi connectivity index (χ3v) is 4.14. The molecule has 0 aromatic heterocycles. The van der Waals surface area contributed by atoms with Crippen LogP contribution in [0, 0.1) is 13.8 Å². The molecule has 0 aliphatic heterocycles. The number of carbonyl (C=O) groups is 2. The van der Waals surface area contributed by atoms with Gasteiger partial charge in [0.15, 0.2) is 0 Å². The van der Waals surface area contributed by atoms with E-state index in [1.807, 2.05) is 50.2 Å². The highest BCUT2D eigenvalue weighted by Gasteiger charge is 2.09.